The highest BCUT2D eigenvalue weighted by molar-refractivity contribution is 5.35. The van der Waals surface area contributed by atoms with Crippen molar-refractivity contribution < 1.29 is 31.1 Å². The molecular weight excluding hydrogens is 396 g/mol. The zero-order valence-corrected chi connectivity index (χ0v) is 15.6. The van der Waals surface area contributed by atoms with E-state index in [1.54, 1.807) is 0 Å². The van der Waals surface area contributed by atoms with Gasteiger partial charge in [0.15, 0.2) is 0 Å². The Morgan fingerprint density at radius 2 is 1.52 bits per heavy atom. The molecule has 1 fully saturated rings. The molecule has 0 unspecified atom stereocenters. The first kappa shape index (κ1) is 21.6. The minimum Gasteiger partial charge on any atom is -0.370 e. The van der Waals surface area contributed by atoms with Crippen LogP contribution in [0, 0.1) is 0 Å². The van der Waals surface area contributed by atoms with Gasteiger partial charge in [0.25, 0.3) is 0 Å². The predicted molar refractivity (Wildman–Crippen MR) is 96.4 cm³/mol. The average molecular weight is 417 g/mol. The molecule has 8 heteroatoms. The highest BCUT2D eigenvalue weighted by Gasteiger charge is 2.38. The molecule has 0 spiro atoms. The van der Waals surface area contributed by atoms with Crippen LogP contribution in [0.3, 0.4) is 0 Å². The standard InChI is InChI=1S/C21H21F6NO/c1-13(15-9-16(20(22,23)24)11-17(10-15)21(25,26)27)29-19-7-8-28-12-18(19)14-5-3-2-4-6-14/h2-6,9-11,13,18-19,28H,7-8,12H2,1H3/t13-,18+,19+/m0/s1. The van der Waals surface area contributed by atoms with Crippen molar-refractivity contribution in [2.75, 3.05) is 13.1 Å². The lowest BCUT2D eigenvalue weighted by Gasteiger charge is -2.34. The summed E-state index contributed by atoms with van der Waals surface area (Å²) in [6, 6.07) is 11.1. The Hall–Kier alpha value is -2.06. The van der Waals surface area contributed by atoms with Crippen LogP contribution in [0.1, 0.15) is 47.6 Å². The van der Waals surface area contributed by atoms with E-state index in [-0.39, 0.29) is 23.7 Å². The number of rotatable bonds is 4. The molecule has 0 bridgehead atoms. The zero-order chi connectivity index (χ0) is 21.2. The minimum atomic E-state index is -4.88. The lowest BCUT2D eigenvalue weighted by molar-refractivity contribution is -0.143. The normalized spacial score (nSPS) is 21.8. The Morgan fingerprint density at radius 1 is 0.931 bits per heavy atom. The molecule has 0 radical (unpaired) electrons. The first-order valence-corrected chi connectivity index (χ1v) is 9.26. The molecule has 0 aliphatic carbocycles. The van der Waals surface area contributed by atoms with Crippen molar-refractivity contribution in [3.05, 3.63) is 70.8 Å². The van der Waals surface area contributed by atoms with Crippen LogP contribution in [0.15, 0.2) is 48.5 Å². The van der Waals surface area contributed by atoms with Crippen LogP contribution in [0.25, 0.3) is 0 Å². The molecule has 1 heterocycles. The molecule has 1 N–H and O–H groups in total. The van der Waals surface area contributed by atoms with E-state index < -0.39 is 29.6 Å². The smallest absolute Gasteiger partial charge is 0.370 e. The van der Waals surface area contributed by atoms with E-state index in [1.807, 2.05) is 30.3 Å². The summed E-state index contributed by atoms with van der Waals surface area (Å²) in [4.78, 5) is 0. The lowest BCUT2D eigenvalue weighted by atomic mass is 9.88. The van der Waals surface area contributed by atoms with Crippen LogP contribution < -0.4 is 5.32 Å². The number of ether oxygens (including phenoxy) is 1. The Bertz CT molecular complexity index is 786. The van der Waals surface area contributed by atoms with Crippen LogP contribution >= 0.6 is 0 Å². The summed E-state index contributed by atoms with van der Waals surface area (Å²) < 4.78 is 84.8. The summed E-state index contributed by atoms with van der Waals surface area (Å²) >= 11 is 0. The van der Waals surface area contributed by atoms with Crippen molar-refractivity contribution in [1.82, 2.24) is 5.32 Å². The van der Waals surface area contributed by atoms with Gasteiger partial charge in [-0.3, -0.25) is 0 Å². The van der Waals surface area contributed by atoms with Gasteiger partial charge in [0.2, 0.25) is 0 Å². The van der Waals surface area contributed by atoms with Crippen LogP contribution in [-0.2, 0) is 17.1 Å². The van der Waals surface area contributed by atoms with Crippen LogP contribution in [0.2, 0.25) is 0 Å². The van der Waals surface area contributed by atoms with Crippen molar-refractivity contribution in [3.63, 3.8) is 0 Å². The van der Waals surface area contributed by atoms with Gasteiger partial charge in [0, 0.05) is 12.5 Å². The van der Waals surface area contributed by atoms with Crippen LogP contribution in [0.5, 0.6) is 0 Å². The maximum absolute atomic E-state index is 13.1. The molecule has 158 valence electrons. The Kier molecular flexibility index (Phi) is 6.24. The van der Waals surface area contributed by atoms with Gasteiger partial charge in [0.1, 0.15) is 0 Å². The first-order chi connectivity index (χ1) is 13.6. The Labute approximate surface area is 164 Å². The molecule has 1 aliphatic heterocycles. The monoisotopic (exact) mass is 417 g/mol. The fourth-order valence-electron chi connectivity index (χ4n) is 3.58. The summed E-state index contributed by atoms with van der Waals surface area (Å²) in [7, 11) is 0. The average Bonchev–Trinajstić information content (AvgIpc) is 2.67. The van der Waals surface area contributed by atoms with Gasteiger partial charge in [0.05, 0.1) is 23.3 Å². The molecule has 1 saturated heterocycles. The van der Waals surface area contributed by atoms with Gasteiger partial charge in [-0.15, -0.1) is 0 Å². The van der Waals surface area contributed by atoms with Crippen LogP contribution in [0.4, 0.5) is 26.3 Å². The number of nitrogens with one attached hydrogen (secondary N) is 1. The number of piperidine rings is 1. The molecule has 3 atom stereocenters. The third-order valence-electron chi connectivity index (χ3n) is 5.10. The van der Waals surface area contributed by atoms with E-state index in [0.29, 0.717) is 19.5 Å². The molecule has 2 nitrogen and oxygen atoms in total. The number of hydrogen-bond donors (Lipinski definition) is 1. The van der Waals surface area contributed by atoms with E-state index in [0.717, 1.165) is 17.7 Å². The van der Waals surface area contributed by atoms with E-state index >= 15 is 0 Å². The van der Waals surface area contributed by atoms with E-state index in [4.69, 9.17) is 4.74 Å². The van der Waals surface area contributed by atoms with Gasteiger partial charge in [-0.2, -0.15) is 26.3 Å². The number of alkyl halides is 6. The van der Waals surface area contributed by atoms with Crippen molar-refractivity contribution in [3.8, 4) is 0 Å². The minimum absolute atomic E-state index is 0.0414. The molecule has 3 rings (SSSR count). The highest BCUT2D eigenvalue weighted by atomic mass is 19.4. The van der Waals surface area contributed by atoms with E-state index in [9.17, 15) is 26.3 Å². The molecule has 2 aromatic rings. The lowest BCUT2D eigenvalue weighted by Crippen LogP contribution is -2.40. The Morgan fingerprint density at radius 3 is 2.07 bits per heavy atom. The second-order valence-electron chi connectivity index (χ2n) is 7.17. The van der Waals surface area contributed by atoms with E-state index in [2.05, 4.69) is 5.32 Å². The van der Waals surface area contributed by atoms with Gasteiger partial charge in [-0.1, -0.05) is 30.3 Å². The first-order valence-electron chi connectivity index (χ1n) is 9.26. The van der Waals surface area contributed by atoms with Crippen molar-refractivity contribution in [1.29, 1.82) is 0 Å². The van der Waals surface area contributed by atoms with Gasteiger partial charge < -0.3 is 10.1 Å². The third-order valence-corrected chi connectivity index (χ3v) is 5.10. The quantitative estimate of drug-likeness (QED) is 0.621. The molecule has 0 saturated carbocycles. The topological polar surface area (TPSA) is 21.3 Å². The molecule has 0 aromatic heterocycles. The number of halogens is 6. The van der Waals surface area contributed by atoms with Crippen molar-refractivity contribution >= 4 is 0 Å². The highest BCUT2D eigenvalue weighted by Crippen LogP contribution is 2.39. The molecule has 1 aliphatic rings. The molecule has 2 aromatic carbocycles. The summed E-state index contributed by atoms with van der Waals surface area (Å²) in [5.74, 6) is -0.0414. The van der Waals surface area contributed by atoms with Crippen LogP contribution in [-0.4, -0.2) is 19.2 Å². The molecule has 0 amide bonds. The fraction of sp³-hybridized carbons (Fsp3) is 0.429. The number of hydrogen-bond acceptors (Lipinski definition) is 2. The third kappa shape index (κ3) is 5.30. The SMILES string of the molecule is C[C@H](O[C@@H]1CCNC[C@@H]1c1ccccc1)c1cc(C(F)(F)F)cc(C(F)(F)F)c1. The summed E-state index contributed by atoms with van der Waals surface area (Å²) in [6.45, 7) is 2.77. The van der Waals surface area contributed by atoms with Gasteiger partial charge in [-0.05, 0) is 49.2 Å². The van der Waals surface area contributed by atoms with Crippen molar-refractivity contribution in [2.45, 2.75) is 43.8 Å². The predicted octanol–water partition coefficient (Wildman–Crippen LogP) is 5.95. The fourth-order valence-corrected chi connectivity index (χ4v) is 3.58. The largest absolute Gasteiger partial charge is 0.416 e. The van der Waals surface area contributed by atoms with Crippen molar-refractivity contribution in [2.24, 2.45) is 0 Å². The second-order valence-corrected chi connectivity index (χ2v) is 7.17. The van der Waals surface area contributed by atoms with Gasteiger partial charge in [-0.25, -0.2) is 0 Å². The summed E-state index contributed by atoms with van der Waals surface area (Å²) in [5.41, 5.74) is -1.79. The molecule has 29 heavy (non-hydrogen) atoms. The molecular formula is C21H21F6NO. The zero-order valence-electron chi connectivity index (χ0n) is 15.6. The van der Waals surface area contributed by atoms with E-state index in [1.165, 1.54) is 6.92 Å². The maximum atomic E-state index is 13.1. The Balaban J connectivity index is 1.88. The van der Waals surface area contributed by atoms with Gasteiger partial charge >= 0.3 is 12.4 Å². The maximum Gasteiger partial charge on any atom is 0.416 e. The second kappa shape index (κ2) is 8.36. The summed E-state index contributed by atoms with van der Waals surface area (Å²) in [5, 5.41) is 3.26. The summed E-state index contributed by atoms with van der Waals surface area (Å²) in [6.07, 6.45) is -10.4. The number of benzene rings is 2.